The minimum Gasteiger partial charge on any atom is -0.462 e. The molecule has 2 aromatic carbocycles. The van der Waals surface area contributed by atoms with E-state index in [1.165, 1.54) is 11.8 Å². The zero-order chi connectivity index (χ0) is 27.8. The lowest BCUT2D eigenvalue weighted by Crippen LogP contribution is -2.12. The molecular formula is C28H28N6O3S2. The normalized spacial score (nSPS) is 10.6. The van der Waals surface area contributed by atoms with Crippen molar-refractivity contribution in [3.8, 4) is 11.8 Å². The number of rotatable bonds is 11. The van der Waals surface area contributed by atoms with Crippen molar-refractivity contribution >= 4 is 45.7 Å². The number of amides is 1. The first-order valence-electron chi connectivity index (χ1n) is 12.3. The maximum absolute atomic E-state index is 12.7. The van der Waals surface area contributed by atoms with Gasteiger partial charge in [0.1, 0.15) is 15.9 Å². The summed E-state index contributed by atoms with van der Waals surface area (Å²) < 4.78 is 7.05. The molecule has 0 aliphatic rings. The van der Waals surface area contributed by atoms with Gasteiger partial charge in [-0.05, 0) is 50.1 Å². The number of thiophene rings is 1. The van der Waals surface area contributed by atoms with Gasteiger partial charge in [0.05, 0.1) is 18.7 Å². The number of aromatic nitrogens is 3. The first kappa shape index (κ1) is 27.9. The van der Waals surface area contributed by atoms with Crippen molar-refractivity contribution in [3.05, 3.63) is 82.0 Å². The van der Waals surface area contributed by atoms with Gasteiger partial charge < -0.3 is 15.4 Å². The van der Waals surface area contributed by atoms with Gasteiger partial charge in [0.25, 0.3) is 0 Å². The zero-order valence-corrected chi connectivity index (χ0v) is 23.5. The number of hydrogen-bond acceptors (Lipinski definition) is 9. The standard InChI is InChI=1S/C28H28N6O3S2/c1-4-37-27(36)25-19(3)21(16-29)26(39-25)31-24(35)14-15-38-28-33-32-23(34(28)20-11-6-5-7-12-20)17-30-22-13-9-8-10-18(22)2/h5-13,30H,4,14-15,17H2,1-3H3,(H,31,35). The summed E-state index contributed by atoms with van der Waals surface area (Å²) in [6.07, 6.45) is 0.180. The van der Waals surface area contributed by atoms with Crippen LogP contribution in [-0.2, 0) is 16.1 Å². The molecule has 2 aromatic heterocycles. The van der Waals surface area contributed by atoms with E-state index in [9.17, 15) is 14.9 Å². The molecule has 0 fully saturated rings. The predicted octanol–water partition coefficient (Wildman–Crippen LogP) is 5.73. The molecule has 0 bridgehead atoms. The van der Waals surface area contributed by atoms with Gasteiger partial charge in [-0.1, -0.05) is 48.2 Å². The van der Waals surface area contributed by atoms with Crippen LogP contribution in [0.5, 0.6) is 0 Å². The van der Waals surface area contributed by atoms with Crippen LogP contribution in [0.15, 0.2) is 59.8 Å². The number of thioether (sulfide) groups is 1. The summed E-state index contributed by atoms with van der Waals surface area (Å²) in [5.41, 5.74) is 3.87. The zero-order valence-electron chi connectivity index (χ0n) is 21.9. The van der Waals surface area contributed by atoms with Crippen molar-refractivity contribution in [3.63, 3.8) is 0 Å². The van der Waals surface area contributed by atoms with Crippen LogP contribution in [0.4, 0.5) is 10.7 Å². The summed E-state index contributed by atoms with van der Waals surface area (Å²) >= 11 is 2.48. The summed E-state index contributed by atoms with van der Waals surface area (Å²) in [6.45, 7) is 6.15. The molecule has 0 atom stereocenters. The average Bonchev–Trinajstić information content (AvgIpc) is 3.48. The third-order valence-corrected chi connectivity index (χ3v) is 7.95. The topological polar surface area (TPSA) is 122 Å². The van der Waals surface area contributed by atoms with E-state index >= 15 is 0 Å². The van der Waals surface area contributed by atoms with Crippen LogP contribution in [-0.4, -0.2) is 39.0 Å². The van der Waals surface area contributed by atoms with Crippen LogP contribution < -0.4 is 10.6 Å². The van der Waals surface area contributed by atoms with E-state index in [1.54, 1.807) is 13.8 Å². The molecule has 0 spiro atoms. The fraction of sp³-hybridized carbons (Fsp3) is 0.250. The SMILES string of the molecule is CCOC(=O)c1sc(NC(=O)CCSc2nnc(CNc3ccccc3C)n2-c2ccccc2)c(C#N)c1C. The monoisotopic (exact) mass is 560 g/mol. The lowest BCUT2D eigenvalue weighted by Gasteiger charge is -2.12. The van der Waals surface area contributed by atoms with Crippen LogP contribution in [0.3, 0.4) is 0 Å². The molecule has 4 aromatic rings. The number of carbonyl (C=O) groups excluding carboxylic acids is 2. The number of anilines is 2. The second-order valence-electron chi connectivity index (χ2n) is 8.48. The second kappa shape index (κ2) is 13.1. The Labute approximate surface area is 235 Å². The maximum Gasteiger partial charge on any atom is 0.348 e. The Bertz CT molecular complexity index is 1510. The van der Waals surface area contributed by atoms with E-state index in [1.807, 2.05) is 66.1 Å². The van der Waals surface area contributed by atoms with E-state index < -0.39 is 5.97 Å². The quantitative estimate of drug-likeness (QED) is 0.176. The molecule has 0 unspecified atom stereocenters. The van der Waals surface area contributed by atoms with Gasteiger partial charge in [0.15, 0.2) is 11.0 Å². The number of hydrogen-bond donors (Lipinski definition) is 2. The van der Waals surface area contributed by atoms with Crippen LogP contribution >= 0.6 is 23.1 Å². The molecule has 0 aliphatic heterocycles. The molecule has 1 amide bonds. The largest absolute Gasteiger partial charge is 0.462 e. The highest BCUT2D eigenvalue weighted by atomic mass is 32.2. The highest BCUT2D eigenvalue weighted by Gasteiger charge is 2.22. The number of ether oxygens (including phenoxy) is 1. The molecule has 39 heavy (non-hydrogen) atoms. The summed E-state index contributed by atoms with van der Waals surface area (Å²) in [5, 5.41) is 25.6. The van der Waals surface area contributed by atoms with E-state index in [2.05, 4.69) is 26.9 Å². The van der Waals surface area contributed by atoms with E-state index in [4.69, 9.17) is 4.74 Å². The first-order chi connectivity index (χ1) is 18.9. The van der Waals surface area contributed by atoms with Crippen LogP contribution in [0.25, 0.3) is 5.69 Å². The van der Waals surface area contributed by atoms with E-state index in [0.717, 1.165) is 34.1 Å². The highest BCUT2D eigenvalue weighted by Crippen LogP contribution is 2.33. The third kappa shape index (κ3) is 6.66. The van der Waals surface area contributed by atoms with Gasteiger partial charge in [-0.25, -0.2) is 4.79 Å². The molecular weight excluding hydrogens is 532 g/mol. The van der Waals surface area contributed by atoms with Crippen LogP contribution in [0.1, 0.15) is 45.5 Å². The Morgan fingerprint density at radius 3 is 2.56 bits per heavy atom. The fourth-order valence-corrected chi connectivity index (χ4v) is 5.82. The van der Waals surface area contributed by atoms with Gasteiger partial charge in [-0.15, -0.1) is 21.5 Å². The summed E-state index contributed by atoms with van der Waals surface area (Å²) in [4.78, 5) is 25.3. The van der Waals surface area contributed by atoms with Gasteiger partial charge >= 0.3 is 5.97 Å². The Balaban J connectivity index is 1.44. The summed E-state index contributed by atoms with van der Waals surface area (Å²) in [5.74, 6) is 0.429. The molecule has 0 saturated carbocycles. The Morgan fingerprint density at radius 2 is 1.85 bits per heavy atom. The smallest absolute Gasteiger partial charge is 0.348 e. The molecule has 11 heteroatoms. The number of benzene rings is 2. The minimum absolute atomic E-state index is 0.180. The molecule has 0 radical (unpaired) electrons. The lowest BCUT2D eigenvalue weighted by molar-refractivity contribution is -0.115. The lowest BCUT2D eigenvalue weighted by atomic mass is 10.2. The number of nitrogens with zero attached hydrogens (tertiary/aromatic N) is 4. The number of nitrogens with one attached hydrogen (secondary N) is 2. The molecule has 9 nitrogen and oxygen atoms in total. The molecule has 0 aliphatic carbocycles. The van der Waals surface area contributed by atoms with Gasteiger partial charge in [0.2, 0.25) is 5.91 Å². The first-order valence-corrected chi connectivity index (χ1v) is 14.2. The fourth-order valence-electron chi connectivity index (χ4n) is 3.84. The van der Waals surface area contributed by atoms with Crippen molar-refractivity contribution in [1.29, 1.82) is 5.26 Å². The van der Waals surface area contributed by atoms with Crippen molar-refractivity contribution in [1.82, 2.24) is 14.8 Å². The third-order valence-electron chi connectivity index (χ3n) is 5.83. The van der Waals surface area contributed by atoms with Crippen molar-refractivity contribution < 1.29 is 14.3 Å². The molecule has 2 heterocycles. The van der Waals surface area contributed by atoms with Crippen molar-refractivity contribution in [2.75, 3.05) is 23.0 Å². The van der Waals surface area contributed by atoms with Gasteiger partial charge in [-0.2, -0.15) is 5.26 Å². The van der Waals surface area contributed by atoms with Crippen molar-refractivity contribution in [2.45, 2.75) is 38.9 Å². The Kier molecular flexibility index (Phi) is 9.35. The summed E-state index contributed by atoms with van der Waals surface area (Å²) in [6, 6.07) is 20.0. The van der Waals surface area contributed by atoms with E-state index in [0.29, 0.717) is 32.9 Å². The van der Waals surface area contributed by atoms with Gasteiger partial charge in [0, 0.05) is 23.5 Å². The number of nitriles is 1. The van der Waals surface area contributed by atoms with Gasteiger partial charge in [-0.3, -0.25) is 9.36 Å². The molecule has 2 N–H and O–H groups in total. The highest BCUT2D eigenvalue weighted by molar-refractivity contribution is 7.99. The number of carbonyl (C=O) groups is 2. The number of para-hydroxylation sites is 2. The maximum atomic E-state index is 12.7. The number of esters is 1. The second-order valence-corrected chi connectivity index (χ2v) is 10.6. The number of aryl methyl sites for hydroxylation is 1. The molecule has 4 rings (SSSR count). The summed E-state index contributed by atoms with van der Waals surface area (Å²) in [7, 11) is 0. The van der Waals surface area contributed by atoms with Crippen LogP contribution in [0.2, 0.25) is 0 Å². The molecule has 0 saturated heterocycles. The average molecular weight is 561 g/mol. The Hall–Kier alpha value is -4.14. The van der Waals surface area contributed by atoms with E-state index in [-0.39, 0.29) is 24.5 Å². The Morgan fingerprint density at radius 1 is 1.10 bits per heavy atom. The predicted molar refractivity (Wildman–Crippen MR) is 154 cm³/mol. The minimum atomic E-state index is -0.500. The van der Waals surface area contributed by atoms with Crippen LogP contribution in [0, 0.1) is 25.2 Å². The molecule has 200 valence electrons. The van der Waals surface area contributed by atoms with Crippen molar-refractivity contribution in [2.24, 2.45) is 0 Å².